The standard InChI is InChI=1S/C21H28O8/c1-12(22)26-17-11-25-20(19(28-14(3)24)18(17)27-13(2)23)29-16-9-7-15(8-10-16)21(4,5)6/h7-10,17-20H,11H2,1-6H3/t17-,18-,19-,20+/m1/s1. The first-order valence-electron chi connectivity index (χ1n) is 9.38. The van der Waals surface area contributed by atoms with E-state index in [1.807, 2.05) is 12.1 Å². The van der Waals surface area contributed by atoms with Crippen molar-refractivity contribution in [2.24, 2.45) is 0 Å². The first kappa shape index (κ1) is 22.7. The number of hydrogen-bond acceptors (Lipinski definition) is 8. The predicted octanol–water partition coefficient (Wildman–Crippen LogP) is 2.51. The van der Waals surface area contributed by atoms with Crippen molar-refractivity contribution < 1.29 is 38.1 Å². The molecular formula is C21H28O8. The van der Waals surface area contributed by atoms with Crippen molar-refractivity contribution in [3.05, 3.63) is 29.8 Å². The summed E-state index contributed by atoms with van der Waals surface area (Å²) in [6.07, 6.45) is -4.15. The van der Waals surface area contributed by atoms with E-state index in [1.165, 1.54) is 20.8 Å². The molecule has 8 nitrogen and oxygen atoms in total. The molecule has 0 bridgehead atoms. The van der Waals surface area contributed by atoms with Gasteiger partial charge in [0.25, 0.3) is 0 Å². The zero-order valence-electron chi connectivity index (χ0n) is 17.6. The molecule has 1 saturated heterocycles. The van der Waals surface area contributed by atoms with Crippen LogP contribution in [-0.4, -0.2) is 49.1 Å². The number of ether oxygens (including phenoxy) is 5. The third-order valence-electron chi connectivity index (χ3n) is 4.28. The smallest absolute Gasteiger partial charge is 0.303 e. The summed E-state index contributed by atoms with van der Waals surface area (Å²) in [5.74, 6) is -1.31. The average Bonchev–Trinajstić information content (AvgIpc) is 2.58. The van der Waals surface area contributed by atoms with E-state index in [0.717, 1.165) is 5.56 Å². The zero-order chi connectivity index (χ0) is 21.8. The molecule has 1 aliphatic rings. The molecule has 160 valence electrons. The molecular weight excluding hydrogens is 380 g/mol. The van der Waals surface area contributed by atoms with Crippen LogP contribution >= 0.6 is 0 Å². The molecule has 29 heavy (non-hydrogen) atoms. The Kier molecular flexibility index (Phi) is 7.24. The Labute approximate surface area is 170 Å². The number of benzene rings is 1. The van der Waals surface area contributed by atoms with Crippen LogP contribution in [0.5, 0.6) is 5.75 Å². The number of esters is 3. The van der Waals surface area contributed by atoms with Crippen molar-refractivity contribution in [1.29, 1.82) is 0 Å². The summed E-state index contributed by atoms with van der Waals surface area (Å²) in [4.78, 5) is 34.6. The molecule has 1 aromatic carbocycles. The molecule has 1 heterocycles. The van der Waals surface area contributed by atoms with Gasteiger partial charge < -0.3 is 23.7 Å². The van der Waals surface area contributed by atoms with Crippen molar-refractivity contribution in [3.8, 4) is 5.75 Å². The second kappa shape index (κ2) is 9.26. The zero-order valence-corrected chi connectivity index (χ0v) is 17.6. The summed E-state index contributed by atoms with van der Waals surface area (Å²) in [7, 11) is 0. The van der Waals surface area contributed by atoms with Gasteiger partial charge in [0.05, 0.1) is 6.61 Å². The highest BCUT2D eigenvalue weighted by Crippen LogP contribution is 2.29. The van der Waals surface area contributed by atoms with Crippen LogP contribution in [0.1, 0.15) is 47.1 Å². The fourth-order valence-corrected chi connectivity index (χ4v) is 2.98. The topological polar surface area (TPSA) is 97.4 Å². The second-order valence-corrected chi connectivity index (χ2v) is 7.89. The SMILES string of the molecule is CC(=O)O[C@H]1[C@H](Oc2ccc(C(C)(C)C)cc2)OC[C@@H](OC(C)=O)[C@H]1OC(C)=O. The maximum Gasteiger partial charge on any atom is 0.303 e. The van der Waals surface area contributed by atoms with Crippen molar-refractivity contribution >= 4 is 17.9 Å². The molecule has 1 aliphatic heterocycles. The van der Waals surface area contributed by atoms with E-state index in [-0.39, 0.29) is 12.0 Å². The molecule has 4 atom stereocenters. The summed E-state index contributed by atoms with van der Waals surface area (Å²) in [6.45, 7) is 9.88. The van der Waals surface area contributed by atoms with Crippen molar-refractivity contribution in [1.82, 2.24) is 0 Å². The van der Waals surface area contributed by atoms with Crippen LogP contribution < -0.4 is 4.74 Å². The average molecular weight is 408 g/mol. The van der Waals surface area contributed by atoms with Gasteiger partial charge >= 0.3 is 17.9 Å². The molecule has 0 unspecified atom stereocenters. The monoisotopic (exact) mass is 408 g/mol. The molecule has 8 heteroatoms. The summed E-state index contributed by atoms with van der Waals surface area (Å²) < 4.78 is 27.3. The van der Waals surface area contributed by atoms with E-state index < -0.39 is 42.5 Å². The number of carbonyl (C=O) groups is 3. The summed E-state index contributed by atoms with van der Waals surface area (Å²) in [5.41, 5.74) is 1.11. The number of carbonyl (C=O) groups excluding carboxylic acids is 3. The van der Waals surface area contributed by atoms with Crippen LogP contribution in [0.15, 0.2) is 24.3 Å². The lowest BCUT2D eigenvalue weighted by molar-refractivity contribution is -0.259. The normalized spacial score (nSPS) is 24.3. The van der Waals surface area contributed by atoms with Gasteiger partial charge in [-0.3, -0.25) is 14.4 Å². The molecule has 0 N–H and O–H groups in total. The minimum absolute atomic E-state index is 0.0161. The molecule has 0 spiro atoms. The van der Waals surface area contributed by atoms with Crippen LogP contribution in [0.2, 0.25) is 0 Å². The maximum atomic E-state index is 11.6. The van der Waals surface area contributed by atoms with Gasteiger partial charge in [0.15, 0.2) is 12.2 Å². The first-order chi connectivity index (χ1) is 13.5. The molecule has 0 radical (unpaired) electrons. The first-order valence-corrected chi connectivity index (χ1v) is 9.38. The van der Waals surface area contributed by atoms with Gasteiger partial charge in [-0.2, -0.15) is 0 Å². The van der Waals surface area contributed by atoms with E-state index in [9.17, 15) is 14.4 Å². The van der Waals surface area contributed by atoms with E-state index in [0.29, 0.717) is 5.75 Å². The Hall–Kier alpha value is -2.61. The van der Waals surface area contributed by atoms with Gasteiger partial charge in [-0.1, -0.05) is 32.9 Å². The third kappa shape index (κ3) is 6.45. The van der Waals surface area contributed by atoms with Crippen LogP contribution in [0.3, 0.4) is 0 Å². The Morgan fingerprint density at radius 2 is 1.38 bits per heavy atom. The van der Waals surface area contributed by atoms with Crippen LogP contribution in [0.4, 0.5) is 0 Å². The fourth-order valence-electron chi connectivity index (χ4n) is 2.98. The van der Waals surface area contributed by atoms with Crippen molar-refractivity contribution in [2.75, 3.05) is 6.61 Å². The minimum atomic E-state index is -1.11. The van der Waals surface area contributed by atoms with Gasteiger partial charge in [0.2, 0.25) is 12.4 Å². The lowest BCUT2D eigenvalue weighted by Gasteiger charge is -2.40. The fraction of sp³-hybridized carbons (Fsp3) is 0.571. The molecule has 2 rings (SSSR count). The highest BCUT2D eigenvalue weighted by molar-refractivity contribution is 5.68. The lowest BCUT2D eigenvalue weighted by atomic mass is 9.87. The highest BCUT2D eigenvalue weighted by Gasteiger charge is 2.48. The van der Waals surface area contributed by atoms with Crippen LogP contribution in [-0.2, 0) is 38.7 Å². The minimum Gasteiger partial charge on any atom is -0.461 e. The van der Waals surface area contributed by atoms with Crippen molar-refractivity contribution in [3.63, 3.8) is 0 Å². The Morgan fingerprint density at radius 1 is 0.862 bits per heavy atom. The summed E-state index contributed by atoms with van der Waals surface area (Å²) >= 11 is 0. The van der Waals surface area contributed by atoms with E-state index in [1.54, 1.807) is 12.1 Å². The van der Waals surface area contributed by atoms with Crippen molar-refractivity contribution in [2.45, 2.75) is 71.6 Å². The van der Waals surface area contributed by atoms with Crippen LogP contribution in [0.25, 0.3) is 0 Å². The van der Waals surface area contributed by atoms with Crippen LogP contribution in [0, 0.1) is 0 Å². The molecule has 1 aromatic rings. The van der Waals surface area contributed by atoms with Gasteiger partial charge in [-0.15, -0.1) is 0 Å². The Bertz CT molecular complexity index is 734. The van der Waals surface area contributed by atoms with Gasteiger partial charge in [-0.05, 0) is 23.1 Å². The largest absolute Gasteiger partial charge is 0.461 e. The summed E-state index contributed by atoms with van der Waals surface area (Å²) in [6, 6.07) is 7.44. The predicted molar refractivity (Wildman–Crippen MR) is 102 cm³/mol. The molecule has 0 aromatic heterocycles. The lowest BCUT2D eigenvalue weighted by Crippen LogP contribution is -2.59. The van der Waals surface area contributed by atoms with E-state index in [4.69, 9.17) is 23.7 Å². The Morgan fingerprint density at radius 3 is 1.86 bits per heavy atom. The maximum absolute atomic E-state index is 11.6. The number of rotatable bonds is 5. The molecule has 1 fully saturated rings. The molecule has 0 saturated carbocycles. The molecule has 0 aliphatic carbocycles. The quantitative estimate of drug-likeness (QED) is 0.542. The van der Waals surface area contributed by atoms with E-state index in [2.05, 4.69) is 20.8 Å². The van der Waals surface area contributed by atoms with Gasteiger partial charge in [0, 0.05) is 20.8 Å². The molecule has 0 amide bonds. The second-order valence-electron chi connectivity index (χ2n) is 7.89. The van der Waals surface area contributed by atoms with Gasteiger partial charge in [-0.25, -0.2) is 0 Å². The highest BCUT2D eigenvalue weighted by atomic mass is 16.7. The van der Waals surface area contributed by atoms with E-state index >= 15 is 0 Å². The number of hydrogen-bond donors (Lipinski definition) is 0. The summed E-state index contributed by atoms with van der Waals surface area (Å²) in [5, 5.41) is 0. The van der Waals surface area contributed by atoms with Gasteiger partial charge in [0.1, 0.15) is 5.75 Å². The Balaban J connectivity index is 2.25. The third-order valence-corrected chi connectivity index (χ3v) is 4.28.